The molecule has 0 bridgehead atoms. The first-order chi connectivity index (χ1) is 11.5. The number of hydrogen-bond donors (Lipinski definition) is 0. The fraction of sp³-hybridized carbons (Fsp3) is 0.471. The highest BCUT2D eigenvalue weighted by Crippen LogP contribution is 2.26. The predicted octanol–water partition coefficient (Wildman–Crippen LogP) is 3.99. The summed E-state index contributed by atoms with van der Waals surface area (Å²) in [5.41, 5.74) is 0.770. The van der Waals surface area contributed by atoms with Crippen LogP contribution in [0.15, 0.2) is 33.9 Å². The summed E-state index contributed by atoms with van der Waals surface area (Å²) >= 11 is 7.25. The number of piperidine rings is 1. The minimum atomic E-state index is 0.126. The van der Waals surface area contributed by atoms with E-state index < -0.39 is 0 Å². The third-order valence-corrected chi connectivity index (χ3v) is 5.06. The molecule has 0 N–H and O–H groups in total. The molecule has 2 heterocycles. The first-order valence-corrected chi connectivity index (χ1v) is 9.37. The summed E-state index contributed by atoms with van der Waals surface area (Å²) < 4.78 is 5.62. The Hall–Kier alpha value is -1.53. The number of rotatable bonds is 4. The van der Waals surface area contributed by atoms with Gasteiger partial charge < -0.3 is 9.32 Å². The molecule has 7 heteroatoms. The lowest BCUT2D eigenvalue weighted by atomic mass is 9.92. The second-order valence-electron chi connectivity index (χ2n) is 6.42. The van der Waals surface area contributed by atoms with Gasteiger partial charge in [-0.2, -0.15) is 0 Å². The molecule has 0 unspecified atom stereocenters. The summed E-state index contributed by atoms with van der Waals surface area (Å²) in [6.07, 6.45) is 1.18. The summed E-state index contributed by atoms with van der Waals surface area (Å²) in [5.74, 6) is 1.96. The molecule has 1 aromatic carbocycles. The highest BCUT2D eigenvalue weighted by Gasteiger charge is 2.25. The van der Waals surface area contributed by atoms with Crippen LogP contribution in [0.25, 0.3) is 11.5 Å². The Bertz CT molecular complexity index is 711. The summed E-state index contributed by atoms with van der Waals surface area (Å²) in [5, 5.41) is 9.04. The van der Waals surface area contributed by atoms with E-state index in [0.29, 0.717) is 33.7 Å². The maximum absolute atomic E-state index is 12.4. The molecule has 2 atom stereocenters. The van der Waals surface area contributed by atoms with E-state index in [4.69, 9.17) is 16.0 Å². The number of aromatic nitrogens is 2. The van der Waals surface area contributed by atoms with Crippen LogP contribution in [0.3, 0.4) is 0 Å². The van der Waals surface area contributed by atoms with Crippen molar-refractivity contribution in [3.63, 3.8) is 0 Å². The SMILES string of the molecule is C[C@@H]1C[C@H](C)CN(C(=O)CSc2nnc(-c3cccc(Cl)c3)o2)C1. The van der Waals surface area contributed by atoms with E-state index in [1.807, 2.05) is 17.0 Å². The second kappa shape index (κ2) is 7.57. The van der Waals surface area contributed by atoms with Gasteiger partial charge in [0, 0.05) is 23.7 Å². The van der Waals surface area contributed by atoms with Crippen molar-refractivity contribution in [3.8, 4) is 11.5 Å². The van der Waals surface area contributed by atoms with Crippen LogP contribution < -0.4 is 0 Å². The van der Waals surface area contributed by atoms with Crippen molar-refractivity contribution in [1.29, 1.82) is 0 Å². The second-order valence-corrected chi connectivity index (χ2v) is 7.78. The Morgan fingerprint density at radius 3 is 2.79 bits per heavy atom. The normalized spacial score (nSPS) is 21.0. The van der Waals surface area contributed by atoms with Crippen molar-refractivity contribution >= 4 is 29.3 Å². The van der Waals surface area contributed by atoms with E-state index in [-0.39, 0.29) is 5.91 Å². The zero-order valence-corrected chi connectivity index (χ0v) is 15.3. The number of amides is 1. The summed E-state index contributed by atoms with van der Waals surface area (Å²) in [4.78, 5) is 14.3. The van der Waals surface area contributed by atoms with E-state index in [1.54, 1.807) is 12.1 Å². The van der Waals surface area contributed by atoms with Crippen molar-refractivity contribution in [2.24, 2.45) is 11.8 Å². The van der Waals surface area contributed by atoms with Crippen LogP contribution in [0.5, 0.6) is 0 Å². The van der Waals surface area contributed by atoms with Gasteiger partial charge in [0.2, 0.25) is 11.8 Å². The number of nitrogens with zero attached hydrogens (tertiary/aromatic N) is 3. The molecule has 128 valence electrons. The lowest BCUT2D eigenvalue weighted by molar-refractivity contribution is -0.130. The van der Waals surface area contributed by atoms with Crippen molar-refractivity contribution in [3.05, 3.63) is 29.3 Å². The summed E-state index contributed by atoms with van der Waals surface area (Å²) in [6.45, 7) is 6.05. The zero-order valence-electron chi connectivity index (χ0n) is 13.7. The van der Waals surface area contributed by atoms with Gasteiger partial charge >= 0.3 is 0 Å². The fourth-order valence-corrected chi connectivity index (χ4v) is 3.94. The first-order valence-electron chi connectivity index (χ1n) is 8.01. The van der Waals surface area contributed by atoms with Crippen LogP contribution in [-0.4, -0.2) is 39.8 Å². The number of likely N-dealkylation sites (tertiary alicyclic amines) is 1. The van der Waals surface area contributed by atoms with Gasteiger partial charge in [0.1, 0.15) is 0 Å². The largest absolute Gasteiger partial charge is 0.411 e. The number of hydrogen-bond acceptors (Lipinski definition) is 5. The Morgan fingerprint density at radius 2 is 2.08 bits per heavy atom. The van der Waals surface area contributed by atoms with Crippen LogP contribution in [0, 0.1) is 11.8 Å². The van der Waals surface area contributed by atoms with Crippen LogP contribution in [0.4, 0.5) is 0 Å². The van der Waals surface area contributed by atoms with Gasteiger partial charge in [-0.15, -0.1) is 10.2 Å². The van der Waals surface area contributed by atoms with E-state index in [9.17, 15) is 4.79 Å². The molecule has 1 amide bonds. The molecule has 0 aliphatic carbocycles. The smallest absolute Gasteiger partial charge is 0.277 e. The number of halogens is 1. The van der Waals surface area contributed by atoms with Crippen molar-refractivity contribution in [2.75, 3.05) is 18.8 Å². The van der Waals surface area contributed by atoms with Gasteiger partial charge in [-0.05, 0) is 36.5 Å². The highest BCUT2D eigenvalue weighted by molar-refractivity contribution is 7.99. The maximum Gasteiger partial charge on any atom is 0.277 e. The molecule has 1 fully saturated rings. The van der Waals surface area contributed by atoms with Crippen molar-refractivity contribution < 1.29 is 9.21 Å². The molecule has 0 radical (unpaired) electrons. The summed E-state index contributed by atoms with van der Waals surface area (Å²) in [6, 6.07) is 7.24. The van der Waals surface area contributed by atoms with E-state index in [2.05, 4.69) is 24.0 Å². The zero-order chi connectivity index (χ0) is 17.1. The van der Waals surface area contributed by atoms with Crippen LogP contribution >= 0.6 is 23.4 Å². The third kappa shape index (κ3) is 4.30. The molecule has 1 aromatic heterocycles. The molecule has 1 saturated heterocycles. The average Bonchev–Trinajstić information content (AvgIpc) is 3.00. The maximum atomic E-state index is 12.4. The molecule has 5 nitrogen and oxygen atoms in total. The summed E-state index contributed by atoms with van der Waals surface area (Å²) in [7, 11) is 0. The van der Waals surface area contributed by atoms with E-state index in [0.717, 1.165) is 18.7 Å². The molecule has 1 aliphatic rings. The Labute approximate surface area is 150 Å². The van der Waals surface area contributed by atoms with Crippen LogP contribution in [0.1, 0.15) is 20.3 Å². The van der Waals surface area contributed by atoms with Gasteiger partial charge in [-0.3, -0.25) is 4.79 Å². The highest BCUT2D eigenvalue weighted by atomic mass is 35.5. The molecule has 1 aliphatic heterocycles. The van der Waals surface area contributed by atoms with Gasteiger partial charge in [-0.1, -0.05) is 43.3 Å². The molecule has 3 rings (SSSR count). The molecule has 2 aromatic rings. The number of thioether (sulfide) groups is 1. The molecule has 24 heavy (non-hydrogen) atoms. The lowest BCUT2D eigenvalue weighted by Crippen LogP contribution is -2.43. The Morgan fingerprint density at radius 1 is 1.33 bits per heavy atom. The average molecular weight is 366 g/mol. The first kappa shape index (κ1) is 17.3. The standard InChI is InChI=1S/C17H20ClN3O2S/c1-11-6-12(2)9-21(8-11)15(22)10-24-17-20-19-16(23-17)13-4-3-5-14(18)7-13/h3-5,7,11-12H,6,8-10H2,1-2H3/t11-,12+. The van der Waals surface area contributed by atoms with Crippen LogP contribution in [-0.2, 0) is 4.79 Å². The molecule has 0 spiro atoms. The predicted molar refractivity (Wildman–Crippen MR) is 95.0 cm³/mol. The van der Waals surface area contributed by atoms with Crippen molar-refractivity contribution in [1.82, 2.24) is 15.1 Å². The quantitative estimate of drug-likeness (QED) is 0.767. The topological polar surface area (TPSA) is 59.2 Å². The Balaban J connectivity index is 1.58. The third-order valence-electron chi connectivity index (χ3n) is 4.02. The minimum Gasteiger partial charge on any atom is -0.411 e. The molecular weight excluding hydrogens is 346 g/mol. The van der Waals surface area contributed by atoms with Gasteiger partial charge in [0.05, 0.1) is 5.75 Å². The number of carbonyl (C=O) groups excluding carboxylic acids is 1. The molecular formula is C17H20ClN3O2S. The van der Waals surface area contributed by atoms with Crippen LogP contribution in [0.2, 0.25) is 5.02 Å². The van der Waals surface area contributed by atoms with Crippen molar-refractivity contribution in [2.45, 2.75) is 25.5 Å². The monoisotopic (exact) mass is 365 g/mol. The van der Waals surface area contributed by atoms with E-state index >= 15 is 0 Å². The Kier molecular flexibility index (Phi) is 5.46. The number of benzene rings is 1. The number of carbonyl (C=O) groups is 1. The molecule has 0 saturated carbocycles. The van der Waals surface area contributed by atoms with E-state index in [1.165, 1.54) is 18.2 Å². The lowest BCUT2D eigenvalue weighted by Gasteiger charge is -2.34. The minimum absolute atomic E-state index is 0.126. The van der Waals surface area contributed by atoms with Gasteiger partial charge in [0.15, 0.2) is 0 Å². The van der Waals surface area contributed by atoms with Gasteiger partial charge in [0.25, 0.3) is 5.22 Å². The van der Waals surface area contributed by atoms with Gasteiger partial charge in [-0.25, -0.2) is 0 Å². The fourth-order valence-electron chi connectivity index (χ4n) is 3.09.